The Balaban J connectivity index is 0.00000192. The second-order valence-electron chi connectivity index (χ2n) is 4.78. The Morgan fingerprint density at radius 1 is 1.17 bits per heavy atom. The van der Waals surface area contributed by atoms with Gasteiger partial charge in [0.15, 0.2) is 0 Å². The van der Waals surface area contributed by atoms with Gasteiger partial charge in [-0.15, -0.1) is 12.4 Å². The lowest BCUT2D eigenvalue weighted by atomic mass is 10.1. The molecule has 0 fully saturated rings. The van der Waals surface area contributed by atoms with Crippen LogP contribution in [-0.2, 0) is 11.2 Å². The second kappa shape index (κ2) is 6.93. The molecule has 118 valence electrons. The lowest BCUT2D eigenvalue weighted by Gasteiger charge is -2.09. The highest BCUT2D eigenvalue weighted by Crippen LogP contribution is 2.20. The highest BCUT2D eigenvalue weighted by atomic mass is 35.5. The van der Waals surface area contributed by atoms with Crippen LogP contribution in [0.1, 0.15) is 15.9 Å². The maximum Gasteiger partial charge on any atom is 0.307 e. The third-order valence-electron chi connectivity index (χ3n) is 3.30. The molecular weight excluding hydrogens is 318 g/mol. The number of H-pyrrole nitrogens is 1. The van der Waals surface area contributed by atoms with Gasteiger partial charge in [0, 0.05) is 23.5 Å². The minimum Gasteiger partial charge on any atom is -0.481 e. The first-order chi connectivity index (χ1) is 10.6. The molecule has 0 atom stereocenters. The third-order valence-corrected chi connectivity index (χ3v) is 3.30. The molecule has 6 nitrogen and oxygen atoms in total. The van der Waals surface area contributed by atoms with Crippen molar-refractivity contribution in [3.63, 3.8) is 0 Å². The third kappa shape index (κ3) is 3.49. The lowest BCUT2D eigenvalue weighted by Crippen LogP contribution is -2.14. The summed E-state index contributed by atoms with van der Waals surface area (Å²) in [5, 5.41) is 12.4. The van der Waals surface area contributed by atoms with E-state index in [0.29, 0.717) is 22.5 Å². The number of benzene rings is 1. The Bertz CT molecular complexity index is 860. The molecule has 3 aromatic rings. The van der Waals surface area contributed by atoms with Crippen molar-refractivity contribution in [3.8, 4) is 0 Å². The van der Waals surface area contributed by atoms with Crippen LogP contribution in [0.25, 0.3) is 11.0 Å². The fourth-order valence-corrected chi connectivity index (χ4v) is 2.29. The number of pyridine rings is 1. The Kier molecular flexibility index (Phi) is 4.98. The zero-order valence-corrected chi connectivity index (χ0v) is 12.8. The zero-order chi connectivity index (χ0) is 15.5. The van der Waals surface area contributed by atoms with Crippen LogP contribution in [0.15, 0.2) is 48.8 Å². The summed E-state index contributed by atoms with van der Waals surface area (Å²) < 4.78 is 0. The normalized spacial score (nSPS) is 10.1. The summed E-state index contributed by atoms with van der Waals surface area (Å²) in [5.41, 5.74) is 2.15. The molecule has 2 aromatic heterocycles. The predicted molar refractivity (Wildman–Crippen MR) is 89.1 cm³/mol. The molecule has 1 aromatic carbocycles. The molecule has 0 radical (unpaired) electrons. The number of hydrogen-bond donors (Lipinski definition) is 3. The molecular formula is C16H14ClN3O3. The van der Waals surface area contributed by atoms with Gasteiger partial charge in [-0.2, -0.15) is 0 Å². The first-order valence-electron chi connectivity index (χ1n) is 6.68. The number of carboxylic acids is 1. The summed E-state index contributed by atoms with van der Waals surface area (Å²) in [6, 6.07) is 10.4. The van der Waals surface area contributed by atoms with Crippen molar-refractivity contribution < 1.29 is 14.7 Å². The Labute approximate surface area is 138 Å². The van der Waals surface area contributed by atoms with Gasteiger partial charge in [-0.05, 0) is 23.8 Å². The number of hydrogen-bond acceptors (Lipinski definition) is 3. The molecule has 0 bridgehead atoms. The number of amides is 1. The number of fused-ring (bicyclic) bond motifs is 1. The summed E-state index contributed by atoms with van der Waals surface area (Å²) in [7, 11) is 0. The fourth-order valence-electron chi connectivity index (χ4n) is 2.29. The average Bonchev–Trinajstić information content (AvgIpc) is 2.93. The van der Waals surface area contributed by atoms with Gasteiger partial charge in [0.2, 0.25) is 0 Å². The molecule has 3 N–H and O–H groups in total. The molecule has 0 unspecified atom stereocenters. The number of nitrogens with one attached hydrogen (secondary N) is 2. The van der Waals surface area contributed by atoms with Gasteiger partial charge in [-0.3, -0.25) is 9.59 Å². The van der Waals surface area contributed by atoms with Crippen LogP contribution in [-0.4, -0.2) is 27.0 Å². The van der Waals surface area contributed by atoms with Crippen molar-refractivity contribution >= 4 is 41.0 Å². The van der Waals surface area contributed by atoms with E-state index in [1.54, 1.807) is 48.8 Å². The predicted octanol–water partition coefficient (Wildman–Crippen LogP) is 2.86. The zero-order valence-electron chi connectivity index (χ0n) is 11.9. The standard InChI is InChI=1S/C16H13N3O3.ClH/c20-14(21)8-10-4-1-2-6-13(10)19-16(22)12-9-18-15-11(12)5-3-7-17-15;/h1-7,9H,8H2,(H,17,18)(H,19,22)(H,20,21);1H. The molecule has 0 aliphatic rings. The molecule has 0 aliphatic carbocycles. The van der Waals surface area contributed by atoms with Crippen molar-refractivity contribution in [1.82, 2.24) is 9.97 Å². The quantitative estimate of drug-likeness (QED) is 0.685. The molecule has 23 heavy (non-hydrogen) atoms. The smallest absolute Gasteiger partial charge is 0.307 e. The first kappa shape index (κ1) is 16.5. The van der Waals surface area contributed by atoms with Gasteiger partial charge >= 0.3 is 5.97 Å². The minimum atomic E-state index is -0.946. The van der Waals surface area contributed by atoms with Gasteiger partial charge in [0.25, 0.3) is 5.91 Å². The van der Waals surface area contributed by atoms with Crippen LogP contribution < -0.4 is 5.32 Å². The van der Waals surface area contributed by atoms with Gasteiger partial charge in [0.05, 0.1) is 12.0 Å². The van der Waals surface area contributed by atoms with Crippen LogP contribution in [0.2, 0.25) is 0 Å². The lowest BCUT2D eigenvalue weighted by molar-refractivity contribution is -0.136. The SMILES string of the molecule is Cl.O=C(O)Cc1ccccc1NC(=O)c1c[nH]c2ncccc12. The van der Waals surface area contributed by atoms with Crippen molar-refractivity contribution in [2.45, 2.75) is 6.42 Å². The highest BCUT2D eigenvalue weighted by Gasteiger charge is 2.14. The Morgan fingerprint density at radius 2 is 1.96 bits per heavy atom. The van der Waals surface area contributed by atoms with Gasteiger partial charge in [0.1, 0.15) is 5.65 Å². The molecule has 1 amide bonds. The van der Waals surface area contributed by atoms with E-state index >= 15 is 0 Å². The molecule has 7 heteroatoms. The topological polar surface area (TPSA) is 95.1 Å². The summed E-state index contributed by atoms with van der Waals surface area (Å²) in [6.45, 7) is 0. The molecule has 0 saturated heterocycles. The highest BCUT2D eigenvalue weighted by molar-refractivity contribution is 6.12. The van der Waals surface area contributed by atoms with E-state index in [2.05, 4.69) is 15.3 Å². The van der Waals surface area contributed by atoms with Crippen LogP contribution in [0, 0.1) is 0 Å². The second-order valence-corrected chi connectivity index (χ2v) is 4.78. The number of carbonyl (C=O) groups is 2. The summed E-state index contributed by atoms with van der Waals surface area (Å²) >= 11 is 0. The molecule has 0 saturated carbocycles. The van der Waals surface area contributed by atoms with E-state index in [1.165, 1.54) is 0 Å². The van der Waals surface area contributed by atoms with E-state index in [1.807, 2.05) is 0 Å². The van der Waals surface area contributed by atoms with Gasteiger partial charge in [-0.1, -0.05) is 18.2 Å². The van der Waals surface area contributed by atoms with E-state index in [-0.39, 0.29) is 24.7 Å². The minimum absolute atomic E-state index is 0. The molecule has 0 spiro atoms. The van der Waals surface area contributed by atoms with Crippen LogP contribution in [0.5, 0.6) is 0 Å². The van der Waals surface area contributed by atoms with Crippen molar-refractivity contribution in [2.24, 2.45) is 0 Å². The summed E-state index contributed by atoms with van der Waals surface area (Å²) in [5.74, 6) is -1.25. The van der Waals surface area contributed by atoms with Crippen LogP contribution in [0.4, 0.5) is 5.69 Å². The number of nitrogens with zero attached hydrogens (tertiary/aromatic N) is 1. The summed E-state index contributed by atoms with van der Waals surface area (Å²) in [6.07, 6.45) is 3.08. The monoisotopic (exact) mass is 331 g/mol. The Hall–Kier alpha value is -2.86. The van der Waals surface area contributed by atoms with Crippen LogP contribution >= 0.6 is 12.4 Å². The largest absolute Gasteiger partial charge is 0.481 e. The molecule has 2 heterocycles. The number of aromatic amines is 1. The van der Waals surface area contributed by atoms with Crippen molar-refractivity contribution in [1.29, 1.82) is 0 Å². The van der Waals surface area contributed by atoms with E-state index in [9.17, 15) is 9.59 Å². The van der Waals surface area contributed by atoms with Crippen LogP contribution in [0.3, 0.4) is 0 Å². The van der Waals surface area contributed by atoms with E-state index in [4.69, 9.17) is 5.11 Å². The van der Waals surface area contributed by atoms with E-state index in [0.717, 1.165) is 5.39 Å². The van der Waals surface area contributed by atoms with Gasteiger partial charge in [-0.25, -0.2) is 4.98 Å². The number of aliphatic carboxylic acids is 1. The number of carboxylic acid groups (broad SMARTS) is 1. The van der Waals surface area contributed by atoms with Crippen molar-refractivity contribution in [2.75, 3.05) is 5.32 Å². The molecule has 0 aliphatic heterocycles. The number of halogens is 1. The number of para-hydroxylation sites is 1. The maximum atomic E-state index is 12.4. The maximum absolute atomic E-state index is 12.4. The number of rotatable bonds is 4. The van der Waals surface area contributed by atoms with Gasteiger partial charge < -0.3 is 15.4 Å². The molecule has 3 rings (SSSR count). The summed E-state index contributed by atoms with van der Waals surface area (Å²) in [4.78, 5) is 30.4. The number of aromatic nitrogens is 2. The first-order valence-corrected chi connectivity index (χ1v) is 6.68. The number of anilines is 1. The fraction of sp³-hybridized carbons (Fsp3) is 0.0625. The van der Waals surface area contributed by atoms with E-state index < -0.39 is 5.97 Å². The number of carbonyl (C=O) groups excluding carboxylic acids is 1. The average molecular weight is 332 g/mol. The Morgan fingerprint density at radius 3 is 2.74 bits per heavy atom. The van der Waals surface area contributed by atoms with Crippen molar-refractivity contribution in [3.05, 3.63) is 59.9 Å².